The van der Waals surface area contributed by atoms with Gasteiger partial charge in [0.05, 0.1) is 34.7 Å². The van der Waals surface area contributed by atoms with E-state index < -0.39 is 23.4 Å². The summed E-state index contributed by atoms with van der Waals surface area (Å²) in [5.74, 6) is 0.475. The van der Waals surface area contributed by atoms with Crippen LogP contribution in [0.1, 0.15) is 42.3 Å². The number of hydrogen-bond acceptors (Lipinski definition) is 7. The molecule has 4 rings (SSSR count). The molecule has 7 nitrogen and oxygen atoms in total. The lowest BCUT2D eigenvalue weighted by molar-refractivity contribution is -0.137. The van der Waals surface area contributed by atoms with Crippen LogP contribution in [0.2, 0.25) is 5.02 Å². The van der Waals surface area contributed by atoms with Crippen molar-refractivity contribution in [2.45, 2.75) is 37.8 Å². The van der Waals surface area contributed by atoms with E-state index in [0.717, 1.165) is 17.8 Å². The number of β-amino-alcohol motifs (C(OH)–C–C–N with tert-alkyl or cyclic N) is 1. The number of hydrogen-bond donors (Lipinski definition) is 2. The molecule has 1 aromatic heterocycles. The van der Waals surface area contributed by atoms with E-state index in [1.807, 2.05) is 23.1 Å². The van der Waals surface area contributed by atoms with E-state index >= 15 is 0 Å². The van der Waals surface area contributed by atoms with Crippen molar-refractivity contribution in [2.75, 3.05) is 37.7 Å². The largest absolute Gasteiger partial charge is 0.491 e. The lowest BCUT2D eigenvalue weighted by Crippen LogP contribution is -2.52. The maximum atomic E-state index is 13.0. The Labute approximate surface area is 236 Å². The van der Waals surface area contributed by atoms with Crippen molar-refractivity contribution >= 4 is 17.3 Å². The van der Waals surface area contributed by atoms with Crippen LogP contribution in [0.5, 0.6) is 5.75 Å². The van der Waals surface area contributed by atoms with Crippen LogP contribution >= 0.6 is 11.6 Å². The highest BCUT2D eigenvalue weighted by Gasteiger charge is 2.36. The first-order chi connectivity index (χ1) is 18.9. The number of ether oxygens (including phenoxy) is 1. The van der Waals surface area contributed by atoms with Crippen molar-refractivity contribution in [3.05, 3.63) is 88.2 Å². The molecular weight excluding hydrogens is 545 g/mol. The smallest absolute Gasteiger partial charge is 0.417 e. The van der Waals surface area contributed by atoms with Crippen LogP contribution in [-0.2, 0) is 11.8 Å². The molecule has 0 amide bonds. The summed E-state index contributed by atoms with van der Waals surface area (Å²) in [5.41, 5.74) is -0.166. The minimum atomic E-state index is -4.51. The van der Waals surface area contributed by atoms with Gasteiger partial charge in [-0.05, 0) is 61.9 Å². The van der Waals surface area contributed by atoms with E-state index in [2.05, 4.69) is 16.0 Å². The van der Waals surface area contributed by atoms with Crippen LogP contribution in [0, 0.1) is 11.3 Å². The average molecular weight is 575 g/mol. The monoisotopic (exact) mass is 574 g/mol. The van der Waals surface area contributed by atoms with Gasteiger partial charge in [-0.15, -0.1) is 0 Å². The number of aliphatic hydroxyl groups excluding tert-OH is 1. The van der Waals surface area contributed by atoms with Crippen molar-refractivity contribution in [1.29, 1.82) is 5.26 Å². The van der Waals surface area contributed by atoms with Crippen molar-refractivity contribution in [3.8, 4) is 11.8 Å². The van der Waals surface area contributed by atoms with Gasteiger partial charge < -0.3 is 19.8 Å². The Balaban J connectivity index is 1.59. The standard InChI is InChI=1S/C29H30ClF3N4O3/c1-19(38)17-40-24-8-9-25(21(13-24)14-34)37-12-11-36(16-26(37)20-3-6-23(30)7-4-20)18-28(2,39)27-10-5-22(15-35-27)29(31,32)33/h3-10,13,15,19,26,38-39H,11-12,16-18H2,1-2H3/t19-,26-,28+/m0/s1. The van der Waals surface area contributed by atoms with Gasteiger partial charge in [0.2, 0.25) is 0 Å². The summed E-state index contributed by atoms with van der Waals surface area (Å²) in [6, 6.07) is 16.7. The number of alkyl halides is 3. The summed E-state index contributed by atoms with van der Waals surface area (Å²) in [6.45, 7) is 4.87. The molecule has 0 saturated carbocycles. The number of halogens is 4. The van der Waals surface area contributed by atoms with E-state index in [4.69, 9.17) is 16.3 Å². The Kier molecular flexibility index (Phi) is 8.90. The third kappa shape index (κ3) is 7.04. The highest BCUT2D eigenvalue weighted by atomic mass is 35.5. The van der Waals surface area contributed by atoms with Crippen molar-refractivity contribution in [3.63, 3.8) is 0 Å². The minimum Gasteiger partial charge on any atom is -0.491 e. The molecule has 1 saturated heterocycles. The number of rotatable bonds is 8. The Morgan fingerprint density at radius 2 is 1.88 bits per heavy atom. The second kappa shape index (κ2) is 12.0. The van der Waals surface area contributed by atoms with Gasteiger partial charge in [-0.1, -0.05) is 23.7 Å². The summed E-state index contributed by atoms with van der Waals surface area (Å²) in [4.78, 5) is 8.05. The quantitative estimate of drug-likeness (QED) is 0.384. The SMILES string of the molecule is C[C@H](O)COc1ccc(N2CCN(C[C@@](C)(O)c3ccc(C(F)(F)F)cn3)C[C@H]2c2ccc(Cl)cc2)c(C#N)c1. The molecule has 1 aliphatic heterocycles. The molecule has 0 spiro atoms. The fourth-order valence-corrected chi connectivity index (χ4v) is 4.93. The molecule has 0 unspecified atom stereocenters. The van der Waals surface area contributed by atoms with E-state index in [1.165, 1.54) is 13.0 Å². The summed E-state index contributed by atoms with van der Waals surface area (Å²) in [7, 11) is 0. The van der Waals surface area contributed by atoms with Crippen LogP contribution in [-0.4, -0.2) is 59.0 Å². The maximum absolute atomic E-state index is 13.0. The summed E-state index contributed by atoms with van der Waals surface area (Å²) >= 11 is 6.13. The molecule has 1 fully saturated rings. The molecule has 2 aromatic carbocycles. The average Bonchev–Trinajstić information content (AvgIpc) is 2.91. The van der Waals surface area contributed by atoms with Crippen LogP contribution in [0.25, 0.3) is 0 Å². The van der Waals surface area contributed by atoms with Gasteiger partial charge in [0.25, 0.3) is 0 Å². The molecular formula is C29H30ClF3N4O3. The number of nitriles is 1. The number of nitrogens with zero attached hydrogens (tertiary/aromatic N) is 4. The fraction of sp³-hybridized carbons (Fsp3) is 0.379. The number of aromatic nitrogens is 1. The number of piperazine rings is 1. The van der Waals surface area contributed by atoms with Crippen LogP contribution in [0.3, 0.4) is 0 Å². The third-order valence-corrected chi connectivity index (χ3v) is 7.03. The number of benzene rings is 2. The molecule has 40 heavy (non-hydrogen) atoms. The summed E-state index contributed by atoms with van der Waals surface area (Å²) in [5, 5.41) is 31.2. The minimum absolute atomic E-state index is 0.101. The molecule has 2 N–H and O–H groups in total. The highest BCUT2D eigenvalue weighted by molar-refractivity contribution is 6.30. The van der Waals surface area contributed by atoms with E-state index in [1.54, 1.807) is 31.2 Å². The zero-order chi connectivity index (χ0) is 29.1. The molecule has 11 heteroatoms. The number of anilines is 1. The maximum Gasteiger partial charge on any atom is 0.417 e. The van der Waals surface area contributed by atoms with Gasteiger partial charge in [-0.3, -0.25) is 9.88 Å². The number of pyridine rings is 1. The van der Waals surface area contributed by atoms with Crippen molar-refractivity contribution < 1.29 is 28.1 Å². The first-order valence-electron chi connectivity index (χ1n) is 12.7. The van der Waals surface area contributed by atoms with Crippen molar-refractivity contribution in [2.24, 2.45) is 0 Å². The van der Waals surface area contributed by atoms with Crippen LogP contribution in [0.15, 0.2) is 60.8 Å². The lowest BCUT2D eigenvalue weighted by atomic mass is 9.96. The molecule has 1 aliphatic rings. The molecule has 2 heterocycles. The molecule has 3 aromatic rings. The summed E-state index contributed by atoms with van der Waals surface area (Å²) in [6.07, 6.45) is -4.43. The van der Waals surface area contributed by atoms with Gasteiger partial charge in [-0.25, -0.2) is 0 Å². The fourth-order valence-electron chi connectivity index (χ4n) is 4.80. The van der Waals surface area contributed by atoms with Gasteiger partial charge in [-0.2, -0.15) is 18.4 Å². The third-order valence-electron chi connectivity index (χ3n) is 6.78. The van der Waals surface area contributed by atoms with E-state index in [-0.39, 0.29) is 24.9 Å². The number of aliphatic hydroxyl groups is 2. The molecule has 0 bridgehead atoms. The highest BCUT2D eigenvalue weighted by Crippen LogP contribution is 2.36. The Morgan fingerprint density at radius 1 is 1.15 bits per heavy atom. The molecule has 0 radical (unpaired) electrons. The normalized spacial score (nSPS) is 18.6. The van der Waals surface area contributed by atoms with Gasteiger partial charge in [0, 0.05) is 37.4 Å². The van der Waals surface area contributed by atoms with Gasteiger partial charge in [0.1, 0.15) is 24.0 Å². The molecule has 0 aliphatic carbocycles. The second-order valence-corrected chi connectivity index (χ2v) is 10.6. The predicted octanol–water partition coefficient (Wildman–Crippen LogP) is 5.16. The molecule has 212 valence electrons. The Bertz CT molecular complexity index is 1340. The van der Waals surface area contributed by atoms with Gasteiger partial charge in [0.15, 0.2) is 0 Å². The van der Waals surface area contributed by atoms with Crippen LogP contribution in [0.4, 0.5) is 18.9 Å². The zero-order valence-electron chi connectivity index (χ0n) is 22.1. The topological polar surface area (TPSA) is 92.8 Å². The first-order valence-corrected chi connectivity index (χ1v) is 13.1. The Hall–Kier alpha value is -3.36. The van der Waals surface area contributed by atoms with Crippen LogP contribution < -0.4 is 9.64 Å². The summed E-state index contributed by atoms with van der Waals surface area (Å²) < 4.78 is 44.5. The van der Waals surface area contributed by atoms with E-state index in [0.29, 0.717) is 41.7 Å². The molecule has 3 atom stereocenters. The lowest BCUT2D eigenvalue weighted by Gasteiger charge is -2.45. The van der Waals surface area contributed by atoms with E-state index in [9.17, 15) is 28.6 Å². The van der Waals surface area contributed by atoms with Crippen molar-refractivity contribution in [1.82, 2.24) is 9.88 Å². The zero-order valence-corrected chi connectivity index (χ0v) is 22.8. The Morgan fingerprint density at radius 3 is 2.48 bits per heavy atom. The predicted molar refractivity (Wildman–Crippen MR) is 145 cm³/mol. The first kappa shape index (κ1) is 29.6. The van der Waals surface area contributed by atoms with Gasteiger partial charge >= 0.3 is 6.18 Å². The second-order valence-electron chi connectivity index (χ2n) is 10.2.